The average molecular weight is 375 g/mol. The molecule has 2 aromatic heterocycles. The van der Waals surface area contributed by atoms with Crippen molar-refractivity contribution in [3.05, 3.63) is 70.6 Å². The number of imidazole rings is 1. The lowest BCUT2D eigenvalue weighted by atomic mass is 9.84. The van der Waals surface area contributed by atoms with Crippen LogP contribution < -0.4 is 5.73 Å². The standard InChI is InChI=1S/C23H25N3O2/c1-14-15(2)26-19(24)13-17(18(27)12-11-16-9-7-6-8-10-16)20(22(26)25-14)21(28)23(3,4)5/h6-13H,24H2,1-5H3. The minimum atomic E-state index is -0.664. The fraction of sp³-hybridized carbons (Fsp3) is 0.261. The van der Waals surface area contributed by atoms with E-state index in [4.69, 9.17) is 5.73 Å². The summed E-state index contributed by atoms with van der Waals surface area (Å²) in [6.45, 7) is 9.26. The molecule has 2 N–H and O–H groups in total. The van der Waals surface area contributed by atoms with E-state index in [0.29, 0.717) is 17.0 Å². The van der Waals surface area contributed by atoms with Gasteiger partial charge in [0.05, 0.1) is 11.3 Å². The third-order valence-corrected chi connectivity index (χ3v) is 4.79. The first-order chi connectivity index (χ1) is 13.1. The van der Waals surface area contributed by atoms with Crippen molar-refractivity contribution in [3.63, 3.8) is 0 Å². The van der Waals surface area contributed by atoms with E-state index in [1.807, 2.05) is 65.0 Å². The van der Waals surface area contributed by atoms with E-state index >= 15 is 0 Å². The molecule has 0 fully saturated rings. The Hall–Kier alpha value is -3.21. The SMILES string of the molecule is Cc1nc2c(C(=O)C(C)(C)C)c(C(=O)C=Cc3ccccc3)cc(N)n2c1C. The zero-order valence-electron chi connectivity index (χ0n) is 16.9. The molecule has 5 nitrogen and oxygen atoms in total. The Morgan fingerprint density at radius 2 is 1.75 bits per heavy atom. The van der Waals surface area contributed by atoms with Gasteiger partial charge < -0.3 is 5.73 Å². The Balaban J connectivity index is 2.22. The van der Waals surface area contributed by atoms with Gasteiger partial charge in [-0.15, -0.1) is 0 Å². The summed E-state index contributed by atoms with van der Waals surface area (Å²) in [5, 5.41) is 0. The van der Waals surface area contributed by atoms with Gasteiger partial charge in [-0.3, -0.25) is 14.0 Å². The number of nitrogens with two attached hydrogens (primary N) is 1. The number of pyridine rings is 1. The van der Waals surface area contributed by atoms with Gasteiger partial charge in [0.15, 0.2) is 17.2 Å². The first-order valence-corrected chi connectivity index (χ1v) is 9.21. The number of rotatable bonds is 4. The highest BCUT2D eigenvalue weighted by Gasteiger charge is 2.31. The fourth-order valence-electron chi connectivity index (χ4n) is 3.12. The van der Waals surface area contributed by atoms with Gasteiger partial charge >= 0.3 is 0 Å². The molecule has 0 saturated carbocycles. The fourth-order valence-corrected chi connectivity index (χ4v) is 3.12. The van der Waals surface area contributed by atoms with Gasteiger partial charge in [0.25, 0.3) is 0 Å². The van der Waals surface area contributed by atoms with Gasteiger partial charge in [-0.05, 0) is 31.6 Å². The number of nitrogen functional groups attached to an aromatic ring is 1. The van der Waals surface area contributed by atoms with E-state index in [2.05, 4.69) is 4.98 Å². The molecule has 1 aromatic carbocycles. The van der Waals surface area contributed by atoms with Gasteiger partial charge in [-0.25, -0.2) is 4.98 Å². The lowest BCUT2D eigenvalue weighted by Gasteiger charge is -2.20. The summed E-state index contributed by atoms with van der Waals surface area (Å²) in [6, 6.07) is 11.1. The molecule has 0 aliphatic rings. The zero-order valence-corrected chi connectivity index (χ0v) is 16.9. The maximum atomic E-state index is 13.2. The third kappa shape index (κ3) is 3.48. The van der Waals surface area contributed by atoms with Crippen molar-refractivity contribution in [1.82, 2.24) is 9.38 Å². The maximum Gasteiger partial charge on any atom is 0.186 e. The molecular formula is C23H25N3O2. The number of aromatic nitrogens is 2. The van der Waals surface area contributed by atoms with Crippen molar-refractivity contribution in [2.75, 3.05) is 5.73 Å². The van der Waals surface area contributed by atoms with Crippen LogP contribution in [-0.4, -0.2) is 21.0 Å². The number of carbonyl (C=O) groups is 2. The number of anilines is 1. The number of hydrogen-bond donors (Lipinski definition) is 1. The highest BCUT2D eigenvalue weighted by Crippen LogP contribution is 2.30. The van der Waals surface area contributed by atoms with Crippen LogP contribution in [0.1, 0.15) is 58.4 Å². The van der Waals surface area contributed by atoms with Crippen molar-refractivity contribution in [2.24, 2.45) is 5.41 Å². The van der Waals surface area contributed by atoms with Crippen LogP contribution in [-0.2, 0) is 0 Å². The molecule has 0 radical (unpaired) electrons. The summed E-state index contributed by atoms with van der Waals surface area (Å²) in [7, 11) is 0. The molecule has 0 spiro atoms. The number of Topliss-reactive ketones (excluding diaryl/α,β-unsaturated/α-hetero) is 1. The third-order valence-electron chi connectivity index (χ3n) is 4.79. The molecular weight excluding hydrogens is 350 g/mol. The first kappa shape index (κ1) is 19.5. The van der Waals surface area contributed by atoms with Crippen LogP contribution in [0.2, 0.25) is 0 Å². The highest BCUT2D eigenvalue weighted by atomic mass is 16.1. The number of hydrogen-bond acceptors (Lipinski definition) is 4. The minimum absolute atomic E-state index is 0.140. The Morgan fingerprint density at radius 3 is 2.36 bits per heavy atom. The van der Waals surface area contributed by atoms with Crippen LogP contribution >= 0.6 is 0 Å². The zero-order chi connectivity index (χ0) is 20.6. The molecule has 3 aromatic rings. The second-order valence-electron chi connectivity index (χ2n) is 7.99. The summed E-state index contributed by atoms with van der Waals surface area (Å²) < 4.78 is 1.74. The van der Waals surface area contributed by atoms with E-state index in [0.717, 1.165) is 17.0 Å². The summed E-state index contributed by atoms with van der Waals surface area (Å²) in [5.41, 5.74) is 9.14. The first-order valence-electron chi connectivity index (χ1n) is 9.21. The Labute approximate surface area is 164 Å². The minimum Gasteiger partial charge on any atom is -0.385 e. The summed E-state index contributed by atoms with van der Waals surface area (Å²) >= 11 is 0. The highest BCUT2D eigenvalue weighted by molar-refractivity contribution is 6.18. The number of allylic oxidation sites excluding steroid dienone is 1. The summed E-state index contributed by atoms with van der Waals surface area (Å²) in [4.78, 5) is 30.8. The Bertz CT molecular complexity index is 1100. The van der Waals surface area contributed by atoms with Gasteiger partial charge in [0, 0.05) is 16.7 Å². The number of fused-ring (bicyclic) bond motifs is 1. The molecule has 0 unspecified atom stereocenters. The quantitative estimate of drug-likeness (QED) is 0.531. The molecule has 0 amide bonds. The van der Waals surface area contributed by atoms with Crippen LogP contribution in [0.4, 0.5) is 5.82 Å². The van der Waals surface area contributed by atoms with Gasteiger partial charge in [-0.2, -0.15) is 0 Å². The molecule has 2 heterocycles. The van der Waals surface area contributed by atoms with Crippen molar-refractivity contribution in [1.29, 1.82) is 0 Å². The topological polar surface area (TPSA) is 77.5 Å². The van der Waals surface area contributed by atoms with E-state index in [-0.39, 0.29) is 17.1 Å². The molecule has 0 aliphatic carbocycles. The largest absolute Gasteiger partial charge is 0.385 e. The van der Waals surface area contributed by atoms with Crippen LogP contribution in [0.25, 0.3) is 11.7 Å². The predicted molar refractivity (Wildman–Crippen MR) is 113 cm³/mol. The number of benzene rings is 1. The van der Waals surface area contributed by atoms with E-state index in [9.17, 15) is 9.59 Å². The summed E-state index contributed by atoms with van der Waals surface area (Å²) in [5.74, 6) is -0.0297. The molecule has 0 saturated heterocycles. The molecule has 144 valence electrons. The maximum absolute atomic E-state index is 13.2. The lowest BCUT2D eigenvalue weighted by molar-refractivity contribution is 0.0854. The van der Waals surface area contributed by atoms with Gasteiger partial charge in [-0.1, -0.05) is 57.2 Å². The number of nitrogens with zero attached hydrogens (tertiary/aromatic N) is 2. The lowest BCUT2D eigenvalue weighted by Crippen LogP contribution is -2.24. The number of ketones is 2. The normalized spacial score (nSPS) is 12.0. The van der Waals surface area contributed by atoms with Crippen molar-refractivity contribution in [3.8, 4) is 0 Å². The molecule has 28 heavy (non-hydrogen) atoms. The molecule has 5 heteroatoms. The molecule has 3 rings (SSSR count). The predicted octanol–water partition coefficient (Wildman–Crippen LogP) is 4.66. The molecule has 0 atom stereocenters. The second kappa shape index (κ2) is 7.08. The average Bonchev–Trinajstić information content (AvgIpc) is 2.94. The van der Waals surface area contributed by atoms with E-state index in [1.165, 1.54) is 6.08 Å². The summed E-state index contributed by atoms with van der Waals surface area (Å²) in [6.07, 6.45) is 3.21. The number of carbonyl (C=O) groups excluding carboxylic acids is 2. The van der Waals surface area contributed by atoms with Crippen LogP contribution in [0, 0.1) is 19.3 Å². The van der Waals surface area contributed by atoms with Crippen molar-refractivity contribution in [2.45, 2.75) is 34.6 Å². The van der Waals surface area contributed by atoms with Crippen molar-refractivity contribution >= 4 is 29.1 Å². The van der Waals surface area contributed by atoms with E-state index < -0.39 is 5.41 Å². The van der Waals surface area contributed by atoms with E-state index in [1.54, 1.807) is 16.5 Å². The van der Waals surface area contributed by atoms with Gasteiger partial charge in [0.1, 0.15) is 5.82 Å². The van der Waals surface area contributed by atoms with Crippen LogP contribution in [0.3, 0.4) is 0 Å². The van der Waals surface area contributed by atoms with Crippen LogP contribution in [0.15, 0.2) is 42.5 Å². The van der Waals surface area contributed by atoms with Crippen LogP contribution in [0.5, 0.6) is 0 Å². The Kier molecular flexibility index (Phi) is 4.94. The molecule has 0 aliphatic heterocycles. The Morgan fingerprint density at radius 1 is 1.11 bits per heavy atom. The van der Waals surface area contributed by atoms with Gasteiger partial charge in [0.2, 0.25) is 0 Å². The number of aryl methyl sites for hydroxylation is 2. The van der Waals surface area contributed by atoms with Crippen molar-refractivity contribution < 1.29 is 9.59 Å². The monoisotopic (exact) mass is 375 g/mol. The smallest absolute Gasteiger partial charge is 0.186 e. The second-order valence-corrected chi connectivity index (χ2v) is 7.99. The molecule has 0 bridgehead atoms.